The zero-order valence-electron chi connectivity index (χ0n) is 9.49. The standard InChI is InChI=1S/C13H9N5/c1-2-4-11-6-17(5-10(11)3-1)18-7-12-13(16-9-18)15-8-14-12/h1-9H/p+1. The molecule has 18 heavy (non-hydrogen) atoms. The van der Waals surface area contributed by atoms with Gasteiger partial charge in [-0.25, -0.2) is 0 Å². The predicted molar refractivity (Wildman–Crippen MR) is 66.8 cm³/mol. The van der Waals surface area contributed by atoms with Crippen LogP contribution in [0.5, 0.6) is 0 Å². The molecule has 0 unspecified atom stereocenters. The van der Waals surface area contributed by atoms with Crippen molar-refractivity contribution in [3.63, 3.8) is 0 Å². The van der Waals surface area contributed by atoms with Gasteiger partial charge in [-0.2, -0.15) is 9.66 Å². The summed E-state index contributed by atoms with van der Waals surface area (Å²) in [5, 5.41) is 2.41. The molecule has 3 heterocycles. The highest BCUT2D eigenvalue weighted by atomic mass is 15.4. The van der Waals surface area contributed by atoms with Crippen molar-refractivity contribution in [1.82, 2.24) is 19.6 Å². The van der Waals surface area contributed by atoms with Gasteiger partial charge in [0.05, 0.1) is 18.7 Å². The van der Waals surface area contributed by atoms with Crippen LogP contribution in [0.15, 0.2) is 55.5 Å². The molecule has 86 valence electrons. The van der Waals surface area contributed by atoms with Crippen LogP contribution in [0.1, 0.15) is 0 Å². The fraction of sp³-hybridized carbons (Fsp3) is 0. The lowest BCUT2D eigenvalue weighted by Gasteiger charge is -1.96. The average Bonchev–Trinajstić information content (AvgIpc) is 3.04. The van der Waals surface area contributed by atoms with E-state index in [-0.39, 0.29) is 0 Å². The topological polar surface area (TPSA) is 50.4 Å². The van der Waals surface area contributed by atoms with E-state index in [2.05, 4.69) is 39.5 Å². The summed E-state index contributed by atoms with van der Waals surface area (Å²) >= 11 is 0. The van der Waals surface area contributed by atoms with Gasteiger partial charge in [-0.3, -0.25) is 0 Å². The summed E-state index contributed by atoms with van der Waals surface area (Å²) < 4.78 is 3.92. The Balaban J connectivity index is 1.94. The van der Waals surface area contributed by atoms with Crippen molar-refractivity contribution >= 4 is 21.9 Å². The van der Waals surface area contributed by atoms with Crippen LogP contribution in [-0.4, -0.2) is 19.6 Å². The second-order valence-electron chi connectivity index (χ2n) is 4.16. The second kappa shape index (κ2) is 3.40. The zero-order chi connectivity index (χ0) is 11.9. The molecule has 4 aromatic rings. The van der Waals surface area contributed by atoms with Crippen LogP contribution in [0.25, 0.3) is 21.9 Å². The van der Waals surface area contributed by atoms with Crippen LogP contribution in [0, 0.1) is 0 Å². The van der Waals surface area contributed by atoms with Crippen LogP contribution in [-0.2, 0) is 0 Å². The van der Waals surface area contributed by atoms with Gasteiger partial charge >= 0.3 is 6.33 Å². The Bertz CT molecular complexity index is 809. The number of hydrogen-bond acceptors (Lipinski definition) is 2. The van der Waals surface area contributed by atoms with E-state index in [1.54, 1.807) is 12.7 Å². The van der Waals surface area contributed by atoms with Crippen molar-refractivity contribution in [2.24, 2.45) is 0 Å². The van der Waals surface area contributed by atoms with E-state index in [9.17, 15) is 0 Å². The Morgan fingerprint density at radius 2 is 1.83 bits per heavy atom. The third-order valence-electron chi connectivity index (χ3n) is 3.01. The molecule has 1 N–H and O–H groups in total. The molecule has 0 aliphatic rings. The van der Waals surface area contributed by atoms with E-state index < -0.39 is 0 Å². The van der Waals surface area contributed by atoms with Gasteiger partial charge in [0.2, 0.25) is 0 Å². The number of rotatable bonds is 1. The summed E-state index contributed by atoms with van der Waals surface area (Å²) in [4.78, 5) is 11.5. The highest BCUT2D eigenvalue weighted by molar-refractivity contribution is 5.81. The Kier molecular flexibility index (Phi) is 1.77. The molecule has 5 heteroatoms. The number of fused-ring (bicyclic) bond motifs is 2. The summed E-state index contributed by atoms with van der Waals surface area (Å²) in [6, 6.07) is 8.25. The zero-order valence-corrected chi connectivity index (χ0v) is 9.49. The lowest BCUT2D eigenvalue weighted by Crippen LogP contribution is -2.40. The first-order valence-electron chi connectivity index (χ1n) is 5.68. The summed E-state index contributed by atoms with van der Waals surface area (Å²) in [7, 11) is 0. The molecule has 0 aliphatic carbocycles. The van der Waals surface area contributed by atoms with E-state index in [1.807, 2.05) is 27.7 Å². The minimum absolute atomic E-state index is 0.725. The first kappa shape index (κ1) is 9.35. The molecule has 1 aromatic carbocycles. The number of benzene rings is 1. The molecule has 3 aromatic heterocycles. The maximum atomic E-state index is 4.29. The van der Waals surface area contributed by atoms with E-state index in [0.29, 0.717) is 0 Å². The van der Waals surface area contributed by atoms with E-state index in [1.165, 1.54) is 10.8 Å². The minimum atomic E-state index is 0.725. The van der Waals surface area contributed by atoms with Crippen LogP contribution >= 0.6 is 0 Å². The number of imidazole rings is 1. The van der Waals surface area contributed by atoms with Gasteiger partial charge in [-0.05, 0) is 4.98 Å². The summed E-state index contributed by atoms with van der Waals surface area (Å²) in [6.07, 6.45) is 9.50. The minimum Gasteiger partial charge on any atom is -0.338 e. The average molecular weight is 236 g/mol. The highest BCUT2D eigenvalue weighted by Gasteiger charge is 2.08. The van der Waals surface area contributed by atoms with Gasteiger partial charge in [0.15, 0.2) is 5.52 Å². The maximum Gasteiger partial charge on any atom is 0.312 e. The Labute approximate surface area is 102 Å². The molecular weight excluding hydrogens is 226 g/mol. The molecule has 5 nitrogen and oxygen atoms in total. The third-order valence-corrected chi connectivity index (χ3v) is 3.01. The SMILES string of the molecule is c1ccc2cn(-[n+]3cnc4nc[nH]c4c3)cc2c1. The lowest BCUT2D eigenvalue weighted by atomic mass is 10.2. The summed E-state index contributed by atoms with van der Waals surface area (Å²) in [6.45, 7) is 0. The van der Waals surface area contributed by atoms with Crippen LogP contribution in [0.2, 0.25) is 0 Å². The van der Waals surface area contributed by atoms with Gasteiger partial charge in [-0.15, -0.1) is 4.68 Å². The van der Waals surface area contributed by atoms with Gasteiger partial charge < -0.3 is 4.98 Å². The normalized spacial score (nSPS) is 11.3. The molecule has 0 bridgehead atoms. The number of aromatic nitrogens is 5. The Morgan fingerprint density at radius 3 is 2.61 bits per heavy atom. The number of H-pyrrole nitrogens is 1. The fourth-order valence-electron chi connectivity index (χ4n) is 2.10. The second-order valence-corrected chi connectivity index (χ2v) is 4.16. The van der Waals surface area contributed by atoms with Crippen molar-refractivity contribution < 1.29 is 4.68 Å². The number of aromatic amines is 1. The Morgan fingerprint density at radius 1 is 1.06 bits per heavy atom. The molecule has 4 rings (SSSR count). The predicted octanol–water partition coefficient (Wildman–Crippen LogP) is 1.51. The molecule has 0 radical (unpaired) electrons. The van der Waals surface area contributed by atoms with E-state index in [0.717, 1.165) is 11.2 Å². The van der Waals surface area contributed by atoms with E-state index in [4.69, 9.17) is 0 Å². The first-order valence-corrected chi connectivity index (χ1v) is 5.68. The molecule has 0 aliphatic heterocycles. The molecule has 0 atom stereocenters. The molecular formula is C13H10N5+. The monoisotopic (exact) mass is 236 g/mol. The third kappa shape index (κ3) is 1.31. The maximum absolute atomic E-state index is 4.29. The lowest BCUT2D eigenvalue weighted by molar-refractivity contribution is -0.728. The van der Waals surface area contributed by atoms with Crippen molar-refractivity contribution in [1.29, 1.82) is 0 Å². The van der Waals surface area contributed by atoms with Crippen LogP contribution in [0.3, 0.4) is 0 Å². The van der Waals surface area contributed by atoms with Crippen molar-refractivity contribution in [2.75, 3.05) is 0 Å². The highest BCUT2D eigenvalue weighted by Crippen LogP contribution is 2.13. The number of hydrogen-bond donors (Lipinski definition) is 1. The quantitative estimate of drug-likeness (QED) is 0.509. The van der Waals surface area contributed by atoms with Crippen molar-refractivity contribution in [3.05, 3.63) is 55.5 Å². The van der Waals surface area contributed by atoms with Gasteiger partial charge in [0, 0.05) is 10.8 Å². The van der Waals surface area contributed by atoms with Crippen molar-refractivity contribution in [2.45, 2.75) is 0 Å². The largest absolute Gasteiger partial charge is 0.338 e. The summed E-state index contributed by atoms with van der Waals surface area (Å²) in [5.74, 6) is 0. The first-order chi connectivity index (χ1) is 8.90. The van der Waals surface area contributed by atoms with Crippen LogP contribution < -0.4 is 4.68 Å². The fourth-order valence-corrected chi connectivity index (χ4v) is 2.10. The van der Waals surface area contributed by atoms with Gasteiger partial charge in [-0.1, -0.05) is 24.3 Å². The van der Waals surface area contributed by atoms with E-state index >= 15 is 0 Å². The Hall–Kier alpha value is -2.69. The van der Waals surface area contributed by atoms with Gasteiger partial charge in [0.25, 0.3) is 5.65 Å². The number of nitrogens with zero attached hydrogens (tertiary/aromatic N) is 4. The molecule has 0 amide bonds. The molecule has 0 fully saturated rings. The smallest absolute Gasteiger partial charge is 0.312 e. The molecule has 0 saturated carbocycles. The molecule has 0 spiro atoms. The molecule has 0 saturated heterocycles. The van der Waals surface area contributed by atoms with Gasteiger partial charge in [0.1, 0.15) is 6.20 Å². The van der Waals surface area contributed by atoms with Crippen molar-refractivity contribution in [3.8, 4) is 0 Å². The number of nitrogens with one attached hydrogen (secondary N) is 1. The summed E-state index contributed by atoms with van der Waals surface area (Å²) in [5.41, 5.74) is 1.64. The van der Waals surface area contributed by atoms with Crippen LogP contribution in [0.4, 0.5) is 0 Å².